The molecule has 1 heterocycles. The zero-order chi connectivity index (χ0) is 18.5. The minimum atomic E-state index is -0.562. The number of nitrogens with zero attached hydrogens (tertiary/aromatic N) is 2. The normalized spacial score (nSPS) is 11.0. The number of nitrogens with one attached hydrogen (secondary N) is 1. The van der Waals surface area contributed by atoms with Crippen molar-refractivity contribution < 1.29 is 9.18 Å². The van der Waals surface area contributed by atoms with E-state index in [0.717, 1.165) is 5.56 Å². The van der Waals surface area contributed by atoms with Crippen molar-refractivity contribution in [1.29, 1.82) is 5.26 Å². The maximum absolute atomic E-state index is 13.0. The van der Waals surface area contributed by atoms with Gasteiger partial charge in [-0.1, -0.05) is 12.1 Å². The van der Waals surface area contributed by atoms with Gasteiger partial charge in [-0.3, -0.25) is 4.79 Å². The van der Waals surface area contributed by atoms with E-state index in [4.69, 9.17) is 5.73 Å². The Morgan fingerprint density at radius 2 is 1.96 bits per heavy atom. The lowest BCUT2D eigenvalue weighted by Gasteiger charge is -2.06. The Balaban J connectivity index is 1.86. The summed E-state index contributed by atoms with van der Waals surface area (Å²) in [6, 6.07) is 14.8. The Morgan fingerprint density at radius 3 is 2.65 bits per heavy atom. The van der Waals surface area contributed by atoms with Gasteiger partial charge in [-0.15, -0.1) is 11.3 Å². The fourth-order valence-electron chi connectivity index (χ4n) is 2.27. The van der Waals surface area contributed by atoms with Gasteiger partial charge in [0, 0.05) is 17.1 Å². The van der Waals surface area contributed by atoms with Gasteiger partial charge in [-0.2, -0.15) is 5.26 Å². The van der Waals surface area contributed by atoms with Gasteiger partial charge in [0.15, 0.2) is 0 Å². The molecule has 0 unspecified atom stereocenters. The first-order chi connectivity index (χ1) is 12.6. The molecule has 26 heavy (non-hydrogen) atoms. The third-order valence-electron chi connectivity index (χ3n) is 3.56. The fraction of sp³-hybridized carbons (Fsp3) is 0. The zero-order valence-electron chi connectivity index (χ0n) is 13.4. The molecule has 1 aromatic heterocycles. The Morgan fingerprint density at radius 1 is 1.23 bits per heavy atom. The number of hydrogen-bond donors (Lipinski definition) is 2. The van der Waals surface area contributed by atoms with Crippen LogP contribution >= 0.6 is 11.3 Å². The number of anilines is 1. The molecule has 0 radical (unpaired) electrons. The number of aromatic nitrogens is 1. The molecule has 7 heteroatoms. The number of primary amides is 1. The highest BCUT2D eigenvalue weighted by molar-refractivity contribution is 7.11. The van der Waals surface area contributed by atoms with Crippen molar-refractivity contribution in [2.75, 3.05) is 5.32 Å². The number of carbonyl (C=O) groups excluding carboxylic acids is 1. The van der Waals surface area contributed by atoms with Crippen LogP contribution in [-0.4, -0.2) is 10.9 Å². The number of thiazole rings is 1. The Labute approximate surface area is 153 Å². The lowest BCUT2D eigenvalue weighted by Crippen LogP contribution is -2.13. The largest absolute Gasteiger partial charge is 0.366 e. The average molecular weight is 364 g/mol. The molecule has 128 valence electrons. The first-order valence-electron chi connectivity index (χ1n) is 7.56. The van der Waals surface area contributed by atoms with Crippen LogP contribution in [0.5, 0.6) is 0 Å². The summed E-state index contributed by atoms with van der Waals surface area (Å²) in [5.41, 5.74) is 7.90. The molecule has 3 aromatic rings. The van der Waals surface area contributed by atoms with E-state index >= 15 is 0 Å². The van der Waals surface area contributed by atoms with Crippen LogP contribution in [0.25, 0.3) is 16.8 Å². The van der Waals surface area contributed by atoms with Crippen LogP contribution in [0.4, 0.5) is 10.1 Å². The quantitative estimate of drug-likeness (QED) is 0.669. The smallest absolute Gasteiger partial charge is 0.250 e. The number of benzene rings is 2. The fourth-order valence-corrected chi connectivity index (χ4v) is 3.06. The molecule has 5 nitrogen and oxygen atoms in total. The van der Waals surface area contributed by atoms with Crippen molar-refractivity contribution in [3.05, 3.63) is 76.5 Å². The molecule has 2 aromatic carbocycles. The van der Waals surface area contributed by atoms with Gasteiger partial charge < -0.3 is 11.1 Å². The summed E-state index contributed by atoms with van der Waals surface area (Å²) >= 11 is 1.30. The van der Waals surface area contributed by atoms with Crippen molar-refractivity contribution in [3.8, 4) is 17.3 Å². The lowest BCUT2D eigenvalue weighted by atomic mass is 10.1. The summed E-state index contributed by atoms with van der Waals surface area (Å²) in [5.74, 6) is -0.882. The van der Waals surface area contributed by atoms with E-state index in [2.05, 4.69) is 16.4 Å². The van der Waals surface area contributed by atoms with E-state index in [0.29, 0.717) is 27.5 Å². The molecule has 0 fully saturated rings. The minimum Gasteiger partial charge on any atom is -0.366 e. The second-order valence-electron chi connectivity index (χ2n) is 5.27. The van der Waals surface area contributed by atoms with Crippen molar-refractivity contribution in [3.63, 3.8) is 0 Å². The van der Waals surface area contributed by atoms with E-state index in [1.54, 1.807) is 41.8 Å². The molecule has 0 atom stereocenters. The van der Waals surface area contributed by atoms with E-state index in [1.165, 1.54) is 29.7 Å². The Kier molecular flexibility index (Phi) is 5.06. The van der Waals surface area contributed by atoms with Crippen molar-refractivity contribution in [2.45, 2.75) is 0 Å². The van der Waals surface area contributed by atoms with Crippen LogP contribution in [0.2, 0.25) is 0 Å². The summed E-state index contributed by atoms with van der Waals surface area (Å²) in [7, 11) is 0. The summed E-state index contributed by atoms with van der Waals surface area (Å²) in [6.07, 6.45) is 1.48. The SMILES string of the molecule is N#C/C(=C/Nc1ccccc1C(N)=O)c1nc(-c2ccc(F)cc2)cs1. The molecule has 3 rings (SSSR count). The van der Waals surface area contributed by atoms with Crippen LogP contribution in [-0.2, 0) is 0 Å². The predicted octanol–water partition coefficient (Wildman–Crippen LogP) is 4.02. The Bertz CT molecular complexity index is 1020. The predicted molar refractivity (Wildman–Crippen MR) is 99.7 cm³/mol. The van der Waals surface area contributed by atoms with Crippen LogP contribution in [0, 0.1) is 17.1 Å². The molecule has 3 N–H and O–H groups in total. The topological polar surface area (TPSA) is 91.8 Å². The molecular weight excluding hydrogens is 351 g/mol. The van der Waals surface area contributed by atoms with Crippen LogP contribution in [0.15, 0.2) is 60.1 Å². The number of nitrogens with two attached hydrogens (primary N) is 1. The highest BCUT2D eigenvalue weighted by Crippen LogP contribution is 2.26. The zero-order valence-corrected chi connectivity index (χ0v) is 14.3. The minimum absolute atomic E-state index is 0.308. The lowest BCUT2D eigenvalue weighted by molar-refractivity contribution is 0.100. The highest BCUT2D eigenvalue weighted by atomic mass is 32.1. The number of nitriles is 1. The summed E-state index contributed by atoms with van der Waals surface area (Å²) in [4.78, 5) is 15.9. The van der Waals surface area contributed by atoms with Crippen LogP contribution in [0.1, 0.15) is 15.4 Å². The van der Waals surface area contributed by atoms with Crippen LogP contribution in [0.3, 0.4) is 0 Å². The third kappa shape index (κ3) is 3.77. The maximum Gasteiger partial charge on any atom is 0.250 e. The molecule has 0 bridgehead atoms. The molecule has 0 aliphatic carbocycles. The van der Waals surface area contributed by atoms with Crippen molar-refractivity contribution in [1.82, 2.24) is 4.98 Å². The van der Waals surface area contributed by atoms with Gasteiger partial charge in [0.1, 0.15) is 22.5 Å². The maximum atomic E-state index is 13.0. The molecule has 1 amide bonds. The standard InChI is InChI=1S/C19H13FN4OS/c20-14-7-5-12(6-8-14)17-11-26-19(24-17)13(9-21)10-23-16-4-2-1-3-15(16)18(22)25/h1-8,10-11,23H,(H2,22,25)/b13-10-. The molecule has 0 aliphatic rings. The van der Waals surface area contributed by atoms with Gasteiger partial charge in [0.2, 0.25) is 0 Å². The van der Waals surface area contributed by atoms with Gasteiger partial charge in [-0.25, -0.2) is 9.37 Å². The van der Waals surface area contributed by atoms with Gasteiger partial charge in [0.25, 0.3) is 5.91 Å². The second-order valence-corrected chi connectivity index (χ2v) is 6.13. The molecule has 0 saturated carbocycles. The van der Waals surface area contributed by atoms with E-state index < -0.39 is 5.91 Å². The summed E-state index contributed by atoms with van der Waals surface area (Å²) in [6.45, 7) is 0. The number of allylic oxidation sites excluding steroid dienone is 1. The van der Waals surface area contributed by atoms with Gasteiger partial charge >= 0.3 is 0 Å². The van der Waals surface area contributed by atoms with E-state index in [-0.39, 0.29) is 5.82 Å². The van der Waals surface area contributed by atoms with Crippen molar-refractivity contribution >= 4 is 28.5 Å². The number of carbonyl (C=O) groups is 1. The molecule has 0 saturated heterocycles. The summed E-state index contributed by atoms with van der Waals surface area (Å²) < 4.78 is 13.0. The van der Waals surface area contributed by atoms with Crippen molar-refractivity contribution in [2.24, 2.45) is 5.73 Å². The highest BCUT2D eigenvalue weighted by Gasteiger charge is 2.10. The first kappa shape index (κ1) is 17.3. The third-order valence-corrected chi connectivity index (χ3v) is 4.44. The molecular formula is C19H13FN4OS. The van der Waals surface area contributed by atoms with Crippen LogP contribution < -0.4 is 11.1 Å². The van der Waals surface area contributed by atoms with Gasteiger partial charge in [0.05, 0.1) is 16.9 Å². The average Bonchev–Trinajstić information content (AvgIpc) is 3.13. The summed E-state index contributed by atoms with van der Waals surface area (Å²) in [5, 5.41) is 14.7. The number of halogens is 1. The number of amides is 1. The number of para-hydroxylation sites is 1. The number of rotatable bonds is 5. The van der Waals surface area contributed by atoms with Gasteiger partial charge in [-0.05, 0) is 36.4 Å². The molecule has 0 spiro atoms. The molecule has 0 aliphatic heterocycles. The first-order valence-corrected chi connectivity index (χ1v) is 8.44. The number of hydrogen-bond acceptors (Lipinski definition) is 5. The Hall–Kier alpha value is -3.50. The second kappa shape index (κ2) is 7.59. The van der Waals surface area contributed by atoms with E-state index in [1.807, 2.05) is 0 Å². The van der Waals surface area contributed by atoms with E-state index in [9.17, 15) is 14.4 Å². The monoisotopic (exact) mass is 364 g/mol.